The van der Waals surface area contributed by atoms with E-state index in [1.165, 1.54) is 0 Å². The van der Waals surface area contributed by atoms with Crippen molar-refractivity contribution in [3.8, 4) is 23.4 Å². The van der Waals surface area contributed by atoms with Crippen LogP contribution < -0.4 is 4.74 Å². The van der Waals surface area contributed by atoms with E-state index >= 15 is 0 Å². The van der Waals surface area contributed by atoms with Crippen molar-refractivity contribution < 1.29 is 31.7 Å². The highest BCUT2D eigenvalue weighted by Crippen LogP contribution is 2.28. The summed E-state index contributed by atoms with van der Waals surface area (Å²) in [7, 11) is -3.94. The summed E-state index contributed by atoms with van der Waals surface area (Å²) in [5, 5.41) is 18.6. The third-order valence-corrected chi connectivity index (χ3v) is 3.26. The number of benzene rings is 1. The molecule has 0 saturated carbocycles. The van der Waals surface area contributed by atoms with E-state index in [4.69, 9.17) is 31.1 Å². The van der Waals surface area contributed by atoms with Crippen LogP contribution in [0.3, 0.4) is 0 Å². The molecule has 0 saturated heterocycles. The molecule has 130 valence electrons. The summed E-state index contributed by atoms with van der Waals surface area (Å²) < 4.78 is 36.0. The van der Waals surface area contributed by atoms with Crippen LogP contribution in [0.2, 0.25) is 5.02 Å². The first-order valence-corrected chi connectivity index (χ1v) is 8.55. The molecule has 0 spiro atoms. The Hall–Kier alpha value is -3.03. The number of carbonyl (C=O) groups is 1. The van der Waals surface area contributed by atoms with E-state index in [9.17, 15) is 13.2 Å². The smallest absolute Gasteiger partial charge is 0.401 e. The zero-order valence-electron chi connectivity index (χ0n) is 12.5. The molecule has 0 atom stereocenters. The molecule has 9 nitrogen and oxygen atoms in total. The highest BCUT2D eigenvalue weighted by molar-refractivity contribution is 7.86. The first-order chi connectivity index (χ1) is 11.7. The Balaban J connectivity index is 2.35. The molecule has 0 radical (unpaired) electrons. The molecule has 1 heterocycles. The van der Waals surface area contributed by atoms with Crippen LogP contribution in [0.15, 0.2) is 40.7 Å². The van der Waals surface area contributed by atoms with Crippen LogP contribution >= 0.6 is 11.6 Å². The highest BCUT2D eigenvalue weighted by Gasteiger charge is 2.20. The normalized spacial score (nSPS) is 11.6. The second-order valence-corrected chi connectivity index (χ2v) is 6.50. The van der Waals surface area contributed by atoms with E-state index in [2.05, 4.69) is 9.17 Å². The van der Waals surface area contributed by atoms with Gasteiger partial charge >= 0.3 is 22.2 Å². The maximum Gasteiger partial charge on any atom is 0.401 e. The van der Waals surface area contributed by atoms with E-state index in [0.29, 0.717) is 16.8 Å². The molecular weight excluding hydrogens is 376 g/mol. The number of nitriles is 1. The Labute approximate surface area is 146 Å². The van der Waals surface area contributed by atoms with Crippen LogP contribution in [0.1, 0.15) is 5.76 Å². The molecule has 2 aromatic rings. The van der Waals surface area contributed by atoms with Gasteiger partial charge in [-0.15, -0.1) is 0 Å². The predicted octanol–water partition coefficient (Wildman–Crippen LogP) is 2.15. The maximum atomic E-state index is 11.1. The van der Waals surface area contributed by atoms with E-state index in [0.717, 1.165) is 6.26 Å². The van der Waals surface area contributed by atoms with Crippen LogP contribution in [0.5, 0.6) is 6.08 Å². The second-order valence-electron chi connectivity index (χ2n) is 4.47. The van der Waals surface area contributed by atoms with Crippen LogP contribution in [0.25, 0.3) is 11.3 Å². The van der Waals surface area contributed by atoms with E-state index in [-0.39, 0.29) is 11.5 Å². The van der Waals surface area contributed by atoms with Crippen LogP contribution in [-0.4, -0.2) is 30.7 Å². The van der Waals surface area contributed by atoms with Gasteiger partial charge in [0.05, 0.1) is 6.26 Å². The Morgan fingerprint density at radius 1 is 1.40 bits per heavy atom. The molecular formula is C14H9ClN2O7S. The lowest BCUT2D eigenvalue weighted by molar-refractivity contribution is -0.135. The molecule has 11 heteroatoms. The molecule has 0 bridgehead atoms. The summed E-state index contributed by atoms with van der Waals surface area (Å²) in [6.07, 6.45) is 0.517. The number of hydrogen-bond donors (Lipinski definition) is 1. The van der Waals surface area contributed by atoms with Crippen molar-refractivity contribution >= 4 is 27.7 Å². The Bertz CT molecular complexity index is 972. The lowest BCUT2D eigenvalue weighted by Gasteiger charge is -2.01. The van der Waals surface area contributed by atoms with E-state index in [1.54, 1.807) is 30.3 Å². The minimum atomic E-state index is -3.94. The van der Waals surface area contributed by atoms with Gasteiger partial charge in [-0.1, -0.05) is 23.7 Å². The molecule has 2 rings (SSSR count). The summed E-state index contributed by atoms with van der Waals surface area (Å²) in [4.78, 5) is 15.0. The standard InChI is InChI=1S/C14H9ClN2O7S/c1-25(20,21)22-7-11(13(18)19)24-14-17-12(10(6-16)23-14)8-2-4-9(15)5-3-8/h2-5,7H,1H3,(H,18,19). The van der Waals surface area contributed by atoms with Crippen LogP contribution in [-0.2, 0) is 19.1 Å². The summed E-state index contributed by atoms with van der Waals surface area (Å²) in [6, 6.07) is 8.03. The third kappa shape index (κ3) is 4.97. The summed E-state index contributed by atoms with van der Waals surface area (Å²) in [5.74, 6) is -2.77. The van der Waals surface area contributed by atoms with Crippen molar-refractivity contribution in [1.82, 2.24) is 4.98 Å². The summed E-state index contributed by atoms with van der Waals surface area (Å²) in [6.45, 7) is 0. The molecule has 0 unspecified atom stereocenters. The molecule has 0 aliphatic carbocycles. The largest absolute Gasteiger partial charge is 0.475 e. The highest BCUT2D eigenvalue weighted by atomic mass is 35.5. The number of nitrogens with zero attached hydrogens (tertiary/aromatic N) is 2. The zero-order valence-corrected chi connectivity index (χ0v) is 14.0. The Morgan fingerprint density at radius 2 is 2.04 bits per heavy atom. The maximum absolute atomic E-state index is 11.1. The number of rotatable bonds is 6. The van der Waals surface area contributed by atoms with Gasteiger partial charge in [-0.05, 0) is 12.1 Å². The molecule has 0 amide bonds. The molecule has 0 aliphatic rings. The van der Waals surface area contributed by atoms with Crippen molar-refractivity contribution in [2.45, 2.75) is 0 Å². The first-order valence-electron chi connectivity index (χ1n) is 6.36. The van der Waals surface area contributed by atoms with Gasteiger partial charge in [0.1, 0.15) is 11.8 Å². The van der Waals surface area contributed by atoms with Gasteiger partial charge in [0.25, 0.3) is 5.76 Å². The zero-order chi connectivity index (χ0) is 18.6. The summed E-state index contributed by atoms with van der Waals surface area (Å²) in [5.41, 5.74) is 0.579. The number of halogens is 1. The monoisotopic (exact) mass is 384 g/mol. The third-order valence-electron chi connectivity index (χ3n) is 2.56. The SMILES string of the molecule is CS(=O)(=O)OC=C(Oc1nc(-c2ccc(Cl)cc2)c(C#N)o1)C(=O)O. The quantitative estimate of drug-likeness (QED) is 0.450. The van der Waals surface area contributed by atoms with Crippen molar-refractivity contribution in [2.24, 2.45) is 0 Å². The second kappa shape index (κ2) is 7.25. The number of hydrogen-bond acceptors (Lipinski definition) is 8. The van der Waals surface area contributed by atoms with Gasteiger partial charge in [0, 0.05) is 10.6 Å². The lowest BCUT2D eigenvalue weighted by Crippen LogP contribution is -2.10. The number of carboxylic acid groups (broad SMARTS) is 1. The molecule has 25 heavy (non-hydrogen) atoms. The summed E-state index contributed by atoms with van der Waals surface area (Å²) >= 11 is 5.78. The minimum absolute atomic E-state index is 0.0999. The van der Waals surface area contributed by atoms with E-state index < -0.39 is 27.9 Å². The van der Waals surface area contributed by atoms with Gasteiger partial charge < -0.3 is 18.4 Å². The van der Waals surface area contributed by atoms with Gasteiger partial charge in [0.2, 0.25) is 5.76 Å². The van der Waals surface area contributed by atoms with Gasteiger partial charge in [-0.2, -0.15) is 18.7 Å². The molecule has 0 fully saturated rings. The van der Waals surface area contributed by atoms with Crippen LogP contribution in [0.4, 0.5) is 0 Å². The van der Waals surface area contributed by atoms with Crippen LogP contribution in [0, 0.1) is 11.3 Å². The average molecular weight is 385 g/mol. The number of aliphatic carboxylic acids is 1. The topological polar surface area (TPSA) is 140 Å². The van der Waals surface area contributed by atoms with Gasteiger partial charge in [-0.3, -0.25) is 0 Å². The number of oxazole rings is 1. The fraction of sp³-hybridized carbons (Fsp3) is 0.0714. The minimum Gasteiger partial charge on any atom is -0.475 e. The van der Waals surface area contributed by atoms with Crippen molar-refractivity contribution in [3.63, 3.8) is 0 Å². The van der Waals surface area contributed by atoms with Gasteiger partial charge in [-0.25, -0.2) is 4.79 Å². The van der Waals surface area contributed by atoms with Crippen molar-refractivity contribution in [3.05, 3.63) is 47.1 Å². The fourth-order valence-electron chi connectivity index (χ4n) is 1.57. The predicted molar refractivity (Wildman–Crippen MR) is 83.9 cm³/mol. The molecule has 1 N–H and O–H groups in total. The average Bonchev–Trinajstić information content (AvgIpc) is 2.94. The number of aromatic nitrogens is 1. The lowest BCUT2D eigenvalue weighted by atomic mass is 10.1. The first kappa shape index (κ1) is 18.3. The number of ether oxygens (including phenoxy) is 1. The molecule has 0 aliphatic heterocycles. The van der Waals surface area contributed by atoms with Crippen molar-refractivity contribution in [1.29, 1.82) is 5.26 Å². The van der Waals surface area contributed by atoms with E-state index in [1.807, 2.05) is 0 Å². The van der Waals surface area contributed by atoms with Crippen molar-refractivity contribution in [2.75, 3.05) is 6.26 Å². The Morgan fingerprint density at radius 3 is 2.56 bits per heavy atom. The Kier molecular flexibility index (Phi) is 5.31. The number of carboxylic acids is 1. The molecule has 1 aromatic heterocycles. The van der Waals surface area contributed by atoms with Gasteiger partial charge in [0.15, 0.2) is 6.26 Å². The molecule has 1 aromatic carbocycles. The fourth-order valence-corrected chi connectivity index (χ4v) is 1.95.